The summed E-state index contributed by atoms with van der Waals surface area (Å²) in [5, 5.41) is 3.24. The number of hydrogen-bond acceptors (Lipinski definition) is 4. The molecule has 1 aromatic carbocycles. The largest absolute Gasteiger partial charge is 0.355 e. The number of likely N-dealkylation sites (tertiary alicyclic amines) is 1. The zero-order chi connectivity index (χ0) is 23.9. The quantitative estimate of drug-likeness (QED) is 0.588. The second-order valence-corrected chi connectivity index (χ2v) is 10.3. The van der Waals surface area contributed by atoms with Crippen LogP contribution in [0.2, 0.25) is 0 Å². The van der Waals surface area contributed by atoms with Crippen molar-refractivity contribution in [2.24, 2.45) is 5.92 Å². The number of halogens is 1. The molecule has 6 nitrogen and oxygen atoms in total. The summed E-state index contributed by atoms with van der Waals surface area (Å²) in [5.41, 5.74) is 0.129. The molecule has 2 saturated heterocycles. The summed E-state index contributed by atoms with van der Waals surface area (Å²) in [6.45, 7) is 7.61. The molecule has 1 aromatic rings. The average Bonchev–Trinajstić information content (AvgIpc) is 3.38. The monoisotopic (exact) mass is 472 g/mol. The van der Waals surface area contributed by atoms with Crippen molar-refractivity contribution in [3.05, 3.63) is 35.6 Å². The third kappa shape index (κ3) is 6.16. The summed E-state index contributed by atoms with van der Waals surface area (Å²) in [6, 6.07) is 6.70. The Balaban J connectivity index is 1.29. The molecule has 1 saturated carbocycles. The molecule has 1 aliphatic carbocycles. The van der Waals surface area contributed by atoms with Gasteiger partial charge in [0, 0.05) is 45.3 Å². The summed E-state index contributed by atoms with van der Waals surface area (Å²) >= 11 is 0. The first-order chi connectivity index (χ1) is 16.5. The second kappa shape index (κ2) is 12.1. The van der Waals surface area contributed by atoms with Crippen molar-refractivity contribution in [3.8, 4) is 0 Å². The molecule has 188 valence electrons. The van der Waals surface area contributed by atoms with E-state index in [0.29, 0.717) is 38.1 Å². The van der Waals surface area contributed by atoms with Crippen molar-refractivity contribution < 1.29 is 14.0 Å². The van der Waals surface area contributed by atoms with E-state index < -0.39 is 5.82 Å². The van der Waals surface area contributed by atoms with E-state index in [0.717, 1.165) is 32.4 Å². The minimum atomic E-state index is -0.475. The van der Waals surface area contributed by atoms with Gasteiger partial charge >= 0.3 is 0 Å². The first-order valence-corrected chi connectivity index (χ1v) is 13.3. The number of nitrogens with one attached hydrogen (secondary N) is 1. The van der Waals surface area contributed by atoms with Gasteiger partial charge in [-0.25, -0.2) is 4.39 Å². The van der Waals surface area contributed by atoms with Crippen molar-refractivity contribution in [2.75, 3.05) is 45.8 Å². The highest BCUT2D eigenvalue weighted by atomic mass is 19.1. The van der Waals surface area contributed by atoms with Crippen molar-refractivity contribution in [3.63, 3.8) is 0 Å². The fourth-order valence-corrected chi connectivity index (χ4v) is 6.05. The number of amides is 2. The van der Waals surface area contributed by atoms with Crippen molar-refractivity contribution >= 4 is 11.8 Å². The van der Waals surface area contributed by atoms with Gasteiger partial charge in [-0.2, -0.15) is 0 Å². The summed E-state index contributed by atoms with van der Waals surface area (Å²) in [5.74, 6) is -0.202. The summed E-state index contributed by atoms with van der Waals surface area (Å²) in [4.78, 5) is 32.7. The molecule has 4 rings (SSSR count). The molecular formula is C27H41FN4O2. The van der Waals surface area contributed by atoms with Crippen LogP contribution in [0.5, 0.6) is 0 Å². The zero-order valence-electron chi connectivity index (χ0n) is 20.7. The lowest BCUT2D eigenvalue weighted by molar-refractivity contribution is -0.129. The van der Waals surface area contributed by atoms with Gasteiger partial charge in [0.15, 0.2) is 0 Å². The van der Waals surface area contributed by atoms with E-state index in [1.165, 1.54) is 44.7 Å². The van der Waals surface area contributed by atoms with E-state index in [9.17, 15) is 14.0 Å². The number of rotatable bonds is 8. The van der Waals surface area contributed by atoms with Gasteiger partial charge in [0.1, 0.15) is 5.82 Å². The maximum Gasteiger partial charge on any atom is 0.256 e. The molecule has 0 aromatic heterocycles. The SMILES string of the molecule is C[C@@H]1CCCCN1CCCNC(=O)[C@@H](C1CCCC1)N1CCN(C(=O)c2ccccc2F)CC1. The first-order valence-electron chi connectivity index (χ1n) is 13.3. The Morgan fingerprint density at radius 2 is 1.71 bits per heavy atom. The Morgan fingerprint density at radius 1 is 1.00 bits per heavy atom. The number of piperidine rings is 1. The number of carbonyl (C=O) groups is 2. The number of hydrogen-bond donors (Lipinski definition) is 1. The van der Waals surface area contributed by atoms with Gasteiger partial charge in [0.25, 0.3) is 5.91 Å². The van der Waals surface area contributed by atoms with E-state index in [1.807, 2.05) is 0 Å². The van der Waals surface area contributed by atoms with Crippen molar-refractivity contribution in [1.29, 1.82) is 0 Å². The summed E-state index contributed by atoms with van der Waals surface area (Å²) in [7, 11) is 0. The molecule has 34 heavy (non-hydrogen) atoms. The maximum absolute atomic E-state index is 14.1. The van der Waals surface area contributed by atoms with Crippen LogP contribution in [0.15, 0.2) is 24.3 Å². The Bertz CT molecular complexity index is 821. The molecule has 1 N–H and O–H groups in total. The lowest BCUT2D eigenvalue weighted by Gasteiger charge is -2.41. The van der Waals surface area contributed by atoms with E-state index in [1.54, 1.807) is 23.1 Å². The second-order valence-electron chi connectivity index (χ2n) is 10.3. The molecule has 0 radical (unpaired) electrons. The van der Waals surface area contributed by atoms with Crippen LogP contribution in [-0.2, 0) is 4.79 Å². The van der Waals surface area contributed by atoms with E-state index in [-0.39, 0.29) is 23.4 Å². The Labute approximate surface area is 203 Å². The molecule has 0 bridgehead atoms. The van der Waals surface area contributed by atoms with Crippen LogP contribution in [0, 0.1) is 11.7 Å². The fraction of sp³-hybridized carbons (Fsp3) is 0.704. The van der Waals surface area contributed by atoms with Crippen LogP contribution in [0.25, 0.3) is 0 Å². The van der Waals surface area contributed by atoms with Gasteiger partial charge in [-0.1, -0.05) is 31.4 Å². The number of carbonyl (C=O) groups excluding carboxylic acids is 2. The zero-order valence-corrected chi connectivity index (χ0v) is 20.7. The van der Waals surface area contributed by atoms with Crippen molar-refractivity contribution in [1.82, 2.24) is 20.0 Å². The average molecular weight is 473 g/mol. The van der Waals surface area contributed by atoms with Crippen LogP contribution in [0.1, 0.15) is 68.6 Å². The molecule has 2 aliphatic heterocycles. The molecule has 3 fully saturated rings. The van der Waals surface area contributed by atoms with E-state index in [2.05, 4.69) is 22.0 Å². The third-order valence-corrected chi connectivity index (χ3v) is 8.08. The highest BCUT2D eigenvalue weighted by Gasteiger charge is 2.37. The molecular weight excluding hydrogens is 431 g/mol. The Hall–Kier alpha value is -1.99. The smallest absolute Gasteiger partial charge is 0.256 e. The maximum atomic E-state index is 14.1. The molecule has 2 atom stereocenters. The minimum Gasteiger partial charge on any atom is -0.355 e. The van der Waals surface area contributed by atoms with Gasteiger partial charge in [-0.05, 0) is 63.6 Å². The molecule has 3 aliphatic rings. The van der Waals surface area contributed by atoms with Gasteiger partial charge in [0.2, 0.25) is 5.91 Å². The number of piperazine rings is 1. The third-order valence-electron chi connectivity index (χ3n) is 8.08. The Morgan fingerprint density at radius 3 is 2.41 bits per heavy atom. The highest BCUT2D eigenvalue weighted by molar-refractivity contribution is 5.94. The number of benzene rings is 1. The van der Waals surface area contributed by atoms with Gasteiger partial charge in [-0.15, -0.1) is 0 Å². The standard InChI is InChI=1S/C27H41FN4O2/c1-21-9-6-7-15-30(21)16-8-14-29-26(33)25(22-10-2-3-11-22)31-17-19-32(20-18-31)27(34)23-12-4-5-13-24(23)28/h4-5,12-13,21-22,25H,2-3,6-11,14-20H2,1H3,(H,29,33)/t21-,25-/m1/s1. The first kappa shape index (κ1) is 25.1. The minimum absolute atomic E-state index is 0.123. The predicted molar refractivity (Wildman–Crippen MR) is 132 cm³/mol. The van der Waals surface area contributed by atoms with Crippen LogP contribution < -0.4 is 5.32 Å². The van der Waals surface area contributed by atoms with Crippen LogP contribution in [0.4, 0.5) is 4.39 Å². The van der Waals surface area contributed by atoms with Gasteiger partial charge < -0.3 is 15.1 Å². The van der Waals surface area contributed by atoms with Crippen molar-refractivity contribution in [2.45, 2.75) is 70.4 Å². The molecule has 0 unspecified atom stereocenters. The normalized spacial score (nSPS) is 23.7. The van der Waals surface area contributed by atoms with E-state index in [4.69, 9.17) is 0 Å². The van der Waals surface area contributed by atoms with Crippen LogP contribution >= 0.6 is 0 Å². The lowest BCUT2D eigenvalue weighted by atomic mass is 9.95. The molecule has 2 heterocycles. The summed E-state index contributed by atoms with van der Waals surface area (Å²) < 4.78 is 14.1. The predicted octanol–water partition coefficient (Wildman–Crippen LogP) is 3.52. The molecule has 2 amide bonds. The van der Waals surface area contributed by atoms with E-state index >= 15 is 0 Å². The van der Waals surface area contributed by atoms with Gasteiger partial charge in [-0.3, -0.25) is 14.5 Å². The molecule has 7 heteroatoms. The topological polar surface area (TPSA) is 55.9 Å². The summed E-state index contributed by atoms with van der Waals surface area (Å²) in [6.07, 6.45) is 9.44. The molecule has 0 spiro atoms. The van der Waals surface area contributed by atoms with Gasteiger partial charge in [0.05, 0.1) is 11.6 Å². The lowest BCUT2D eigenvalue weighted by Crippen LogP contribution is -2.58. The fourth-order valence-electron chi connectivity index (χ4n) is 6.05. The Kier molecular flexibility index (Phi) is 8.95. The van der Waals surface area contributed by atoms with Crippen LogP contribution in [0.3, 0.4) is 0 Å². The highest BCUT2D eigenvalue weighted by Crippen LogP contribution is 2.31. The van der Waals surface area contributed by atoms with Crippen LogP contribution in [-0.4, -0.2) is 84.4 Å². The number of nitrogens with zero attached hydrogens (tertiary/aromatic N) is 3.